The van der Waals surface area contributed by atoms with E-state index in [1.54, 1.807) is 0 Å². The van der Waals surface area contributed by atoms with Gasteiger partial charge in [0, 0.05) is 25.2 Å². The number of carbonyl (C=O) groups excluding carboxylic acids is 1. The molecule has 2 atom stereocenters. The molecule has 1 amide bonds. The van der Waals surface area contributed by atoms with Crippen LogP contribution in [0.15, 0.2) is 10.8 Å². The molecular formula is C23H34BrN5O. The topological polar surface area (TPSA) is 74.7 Å². The number of aryl methyl sites for hydroxylation is 2. The lowest BCUT2D eigenvalue weighted by Crippen LogP contribution is -2.53. The number of halogens is 1. The maximum Gasteiger partial charge on any atom is 0.268 e. The van der Waals surface area contributed by atoms with Gasteiger partial charge in [0.25, 0.3) is 5.91 Å². The Kier molecular flexibility index (Phi) is 6.39. The van der Waals surface area contributed by atoms with Crippen molar-refractivity contribution in [3.63, 3.8) is 0 Å². The smallest absolute Gasteiger partial charge is 0.268 e. The lowest BCUT2D eigenvalue weighted by molar-refractivity contribution is 0.0856. The van der Waals surface area contributed by atoms with Crippen LogP contribution < -0.4 is 10.6 Å². The van der Waals surface area contributed by atoms with Crippen molar-refractivity contribution in [2.24, 2.45) is 24.8 Å². The van der Waals surface area contributed by atoms with E-state index < -0.39 is 0 Å². The number of aromatic nitrogens is 3. The molecule has 1 aliphatic heterocycles. The van der Waals surface area contributed by atoms with Gasteiger partial charge in [0.1, 0.15) is 5.69 Å². The third-order valence-corrected chi connectivity index (χ3v) is 7.90. The summed E-state index contributed by atoms with van der Waals surface area (Å²) in [4.78, 5) is 16.6. The number of rotatable bonds is 4. The van der Waals surface area contributed by atoms with Crippen LogP contribution in [0.3, 0.4) is 0 Å². The van der Waals surface area contributed by atoms with E-state index in [1.807, 2.05) is 31.8 Å². The molecule has 0 radical (unpaired) electrons. The lowest BCUT2D eigenvalue weighted by atomic mass is 9.71. The van der Waals surface area contributed by atoms with E-state index in [9.17, 15) is 4.79 Å². The number of carbonyl (C=O) groups is 1. The molecule has 0 aromatic carbocycles. The van der Waals surface area contributed by atoms with Gasteiger partial charge in [0.2, 0.25) is 0 Å². The summed E-state index contributed by atoms with van der Waals surface area (Å²) in [6, 6.07) is 0.188. The number of aromatic amines is 1. The molecule has 1 aliphatic carbocycles. The van der Waals surface area contributed by atoms with E-state index in [4.69, 9.17) is 0 Å². The van der Waals surface area contributed by atoms with Crippen LogP contribution in [0.5, 0.6) is 0 Å². The third-order valence-electron chi connectivity index (χ3n) is 7.31. The summed E-state index contributed by atoms with van der Waals surface area (Å²) in [5.74, 6) is 2.14. The molecule has 7 heteroatoms. The maximum absolute atomic E-state index is 13.3. The van der Waals surface area contributed by atoms with Gasteiger partial charge in [-0.05, 0) is 84.5 Å². The fraction of sp³-hybridized carbons (Fsp3) is 0.652. The molecule has 164 valence electrons. The predicted octanol–water partition coefficient (Wildman–Crippen LogP) is 4.33. The molecule has 3 heterocycles. The Balaban J connectivity index is 1.54. The van der Waals surface area contributed by atoms with Crippen molar-refractivity contribution in [1.82, 2.24) is 25.4 Å². The molecule has 30 heavy (non-hydrogen) atoms. The summed E-state index contributed by atoms with van der Waals surface area (Å²) < 4.78 is 2.69. The van der Waals surface area contributed by atoms with Crippen LogP contribution in [-0.4, -0.2) is 39.8 Å². The number of H-pyrrole nitrogens is 1. The highest BCUT2D eigenvalue weighted by atomic mass is 79.9. The van der Waals surface area contributed by atoms with Gasteiger partial charge in [-0.25, -0.2) is 0 Å². The average Bonchev–Trinajstić information content (AvgIpc) is 3.20. The van der Waals surface area contributed by atoms with Crippen LogP contribution in [-0.2, 0) is 7.05 Å². The van der Waals surface area contributed by atoms with E-state index in [2.05, 4.69) is 43.6 Å². The Morgan fingerprint density at radius 3 is 2.63 bits per heavy atom. The van der Waals surface area contributed by atoms with Crippen molar-refractivity contribution < 1.29 is 4.79 Å². The zero-order valence-corrected chi connectivity index (χ0v) is 20.1. The first-order valence-electron chi connectivity index (χ1n) is 11.3. The average molecular weight is 476 g/mol. The summed E-state index contributed by atoms with van der Waals surface area (Å²) in [5, 5.41) is 11.2. The highest BCUT2D eigenvalue weighted by molar-refractivity contribution is 9.10. The van der Waals surface area contributed by atoms with E-state index in [0.29, 0.717) is 11.6 Å². The Labute approximate surface area is 187 Å². The molecule has 4 rings (SSSR count). The molecule has 0 spiro atoms. The summed E-state index contributed by atoms with van der Waals surface area (Å²) >= 11 is 3.64. The van der Waals surface area contributed by atoms with Crippen molar-refractivity contribution >= 4 is 21.8 Å². The van der Waals surface area contributed by atoms with Gasteiger partial charge in [-0.2, -0.15) is 5.10 Å². The van der Waals surface area contributed by atoms with Crippen LogP contribution in [0.1, 0.15) is 60.6 Å². The number of piperidine rings is 1. The van der Waals surface area contributed by atoms with E-state index in [-0.39, 0.29) is 11.9 Å². The summed E-state index contributed by atoms with van der Waals surface area (Å²) in [7, 11) is 1.93. The van der Waals surface area contributed by atoms with Crippen LogP contribution in [0.25, 0.3) is 11.3 Å². The third kappa shape index (κ3) is 4.11. The Morgan fingerprint density at radius 1 is 1.23 bits per heavy atom. The van der Waals surface area contributed by atoms with Crippen molar-refractivity contribution in [2.45, 2.75) is 58.9 Å². The largest absolute Gasteiger partial charge is 0.346 e. The predicted molar refractivity (Wildman–Crippen MR) is 124 cm³/mol. The van der Waals surface area contributed by atoms with Gasteiger partial charge < -0.3 is 15.6 Å². The van der Waals surface area contributed by atoms with Gasteiger partial charge in [0.05, 0.1) is 16.5 Å². The van der Waals surface area contributed by atoms with E-state index >= 15 is 0 Å². The van der Waals surface area contributed by atoms with Crippen LogP contribution in [0.4, 0.5) is 0 Å². The molecule has 0 unspecified atom stereocenters. The van der Waals surface area contributed by atoms with Crippen LogP contribution in [0, 0.1) is 31.6 Å². The molecule has 1 saturated heterocycles. The minimum Gasteiger partial charge on any atom is -0.346 e. The standard InChI is InChI=1S/C23H34BrN5O/c1-13-5-7-16(8-6-13)17-9-10-25-12-18(17)27-23(30)20-15(3)19(22(24)28-20)21-14(2)11-26-29(21)4/h11,13,16-18,25,28H,5-10,12H2,1-4H3,(H,27,30)/t13?,16?,17-,18+/m1/s1. The van der Waals surface area contributed by atoms with Gasteiger partial charge in [-0.1, -0.05) is 19.8 Å². The molecule has 0 bridgehead atoms. The first-order chi connectivity index (χ1) is 14.4. The monoisotopic (exact) mass is 475 g/mol. The number of hydrogen-bond donors (Lipinski definition) is 3. The molecule has 2 aromatic rings. The van der Waals surface area contributed by atoms with Crippen molar-refractivity contribution in [2.75, 3.05) is 13.1 Å². The second kappa shape index (κ2) is 8.87. The Hall–Kier alpha value is -1.60. The van der Waals surface area contributed by atoms with Crippen molar-refractivity contribution in [3.05, 3.63) is 27.6 Å². The lowest BCUT2D eigenvalue weighted by Gasteiger charge is -2.40. The molecule has 2 aromatic heterocycles. The quantitative estimate of drug-likeness (QED) is 0.615. The number of amides is 1. The molecule has 3 N–H and O–H groups in total. The maximum atomic E-state index is 13.3. The zero-order chi connectivity index (χ0) is 21.4. The highest BCUT2D eigenvalue weighted by Crippen LogP contribution is 2.38. The normalized spacial score (nSPS) is 27.2. The molecule has 1 saturated carbocycles. The Morgan fingerprint density at radius 2 is 1.97 bits per heavy atom. The number of hydrogen-bond acceptors (Lipinski definition) is 3. The zero-order valence-electron chi connectivity index (χ0n) is 18.5. The Bertz CT molecular complexity index is 890. The number of nitrogens with zero attached hydrogens (tertiary/aromatic N) is 2. The van der Waals surface area contributed by atoms with Gasteiger partial charge >= 0.3 is 0 Å². The second-order valence-corrected chi connectivity index (χ2v) is 10.2. The van der Waals surface area contributed by atoms with E-state index in [1.165, 1.54) is 25.7 Å². The SMILES string of the molecule is Cc1cnn(C)c1-c1c(Br)[nH]c(C(=O)N[C@H]2CNCC[C@@H]2C2CCC(C)CC2)c1C. The summed E-state index contributed by atoms with van der Waals surface area (Å²) in [6.07, 6.45) is 8.26. The fourth-order valence-corrected chi connectivity index (χ4v) is 6.21. The molecule has 6 nitrogen and oxygen atoms in total. The van der Waals surface area contributed by atoms with Crippen LogP contribution in [0.2, 0.25) is 0 Å². The van der Waals surface area contributed by atoms with Gasteiger partial charge in [-0.3, -0.25) is 9.48 Å². The summed E-state index contributed by atoms with van der Waals surface area (Å²) in [6.45, 7) is 8.34. The van der Waals surface area contributed by atoms with Crippen molar-refractivity contribution in [3.8, 4) is 11.3 Å². The molecular weight excluding hydrogens is 442 g/mol. The van der Waals surface area contributed by atoms with E-state index in [0.717, 1.165) is 58.3 Å². The number of nitrogens with one attached hydrogen (secondary N) is 3. The van der Waals surface area contributed by atoms with Gasteiger partial charge in [0.15, 0.2) is 0 Å². The minimum absolute atomic E-state index is 0.0119. The first-order valence-corrected chi connectivity index (χ1v) is 12.0. The molecule has 2 aliphatic rings. The second-order valence-electron chi connectivity index (χ2n) is 9.37. The first kappa shape index (κ1) is 21.6. The highest BCUT2D eigenvalue weighted by Gasteiger charge is 2.35. The minimum atomic E-state index is -0.0119. The van der Waals surface area contributed by atoms with Crippen LogP contribution >= 0.6 is 15.9 Å². The fourth-order valence-electron chi connectivity index (χ4n) is 5.53. The van der Waals surface area contributed by atoms with Gasteiger partial charge in [-0.15, -0.1) is 0 Å². The van der Waals surface area contributed by atoms with Crippen molar-refractivity contribution in [1.29, 1.82) is 0 Å². The molecule has 2 fully saturated rings. The summed E-state index contributed by atoms with van der Waals surface area (Å²) in [5.41, 5.74) is 4.73.